The first-order chi connectivity index (χ1) is 13.0. The Morgan fingerprint density at radius 1 is 1.43 bits per heavy atom. The molecule has 1 aromatic rings. The predicted octanol–water partition coefficient (Wildman–Crippen LogP) is 2.14. The second-order valence-electron chi connectivity index (χ2n) is 7.60. The minimum absolute atomic E-state index is 0.0162. The van der Waals surface area contributed by atoms with E-state index in [1.807, 2.05) is 6.19 Å². The van der Waals surface area contributed by atoms with Crippen LogP contribution in [-0.2, 0) is 19.6 Å². The second-order valence-corrected chi connectivity index (χ2v) is 9.72. The molecule has 0 unspecified atom stereocenters. The number of rotatable bonds is 6. The van der Waals surface area contributed by atoms with Crippen LogP contribution in [0, 0.1) is 16.9 Å². The van der Waals surface area contributed by atoms with E-state index in [2.05, 4.69) is 4.72 Å². The summed E-state index contributed by atoms with van der Waals surface area (Å²) >= 11 is 5.93. The highest BCUT2D eigenvalue weighted by molar-refractivity contribution is 7.89. The largest absolute Gasteiger partial charge is 0.495 e. The van der Waals surface area contributed by atoms with E-state index in [1.165, 1.54) is 30.2 Å². The van der Waals surface area contributed by atoms with Crippen molar-refractivity contribution in [3.8, 4) is 11.9 Å². The van der Waals surface area contributed by atoms with Crippen molar-refractivity contribution in [2.45, 2.75) is 44.2 Å². The van der Waals surface area contributed by atoms with E-state index in [1.54, 1.807) is 20.8 Å². The Hall–Kier alpha value is -2.02. The van der Waals surface area contributed by atoms with Gasteiger partial charge in [-0.25, -0.2) is 13.1 Å². The van der Waals surface area contributed by atoms with Crippen molar-refractivity contribution in [1.82, 2.24) is 9.62 Å². The molecule has 0 bridgehead atoms. The molecule has 0 saturated carbocycles. The lowest BCUT2D eigenvalue weighted by molar-refractivity contribution is -0.154. The van der Waals surface area contributed by atoms with Crippen molar-refractivity contribution >= 4 is 27.6 Å². The van der Waals surface area contributed by atoms with Gasteiger partial charge >= 0.3 is 5.97 Å². The highest BCUT2D eigenvalue weighted by atomic mass is 35.5. The molecule has 0 radical (unpaired) electrons. The lowest BCUT2D eigenvalue weighted by Crippen LogP contribution is -2.36. The molecule has 0 amide bonds. The fourth-order valence-electron chi connectivity index (χ4n) is 2.81. The zero-order valence-electron chi connectivity index (χ0n) is 16.2. The van der Waals surface area contributed by atoms with Crippen LogP contribution in [0.5, 0.6) is 5.75 Å². The SMILES string of the molecule is COc1ccc(Cl)cc1S(=O)(=O)N[C@@H]1C[C@H](COC(=O)C(C)(C)C)N(C#N)C1. The molecule has 0 spiro atoms. The van der Waals surface area contributed by atoms with Gasteiger partial charge < -0.3 is 14.4 Å². The average Bonchev–Trinajstić information content (AvgIpc) is 2.99. The molecule has 10 heteroatoms. The summed E-state index contributed by atoms with van der Waals surface area (Å²) in [4.78, 5) is 13.3. The van der Waals surface area contributed by atoms with E-state index in [9.17, 15) is 18.5 Å². The number of carbonyl (C=O) groups is 1. The summed E-state index contributed by atoms with van der Waals surface area (Å²) in [7, 11) is -2.55. The molecule has 1 N–H and O–H groups in total. The maximum absolute atomic E-state index is 12.8. The highest BCUT2D eigenvalue weighted by Gasteiger charge is 2.36. The summed E-state index contributed by atoms with van der Waals surface area (Å²) in [5, 5.41) is 9.60. The van der Waals surface area contributed by atoms with Crippen molar-refractivity contribution in [2.24, 2.45) is 5.41 Å². The van der Waals surface area contributed by atoms with Gasteiger partial charge in [0, 0.05) is 17.6 Å². The molecule has 2 rings (SSSR count). The molecule has 2 atom stereocenters. The Morgan fingerprint density at radius 2 is 2.11 bits per heavy atom. The summed E-state index contributed by atoms with van der Waals surface area (Å²) in [6.07, 6.45) is 2.35. The minimum atomic E-state index is -3.92. The van der Waals surface area contributed by atoms with Crippen molar-refractivity contribution < 1.29 is 22.7 Å². The van der Waals surface area contributed by atoms with Gasteiger partial charge in [0.05, 0.1) is 18.6 Å². The number of esters is 1. The number of sulfonamides is 1. The van der Waals surface area contributed by atoms with Gasteiger partial charge in [0.15, 0.2) is 6.19 Å². The molecule has 1 aliphatic rings. The molecular weight excluding hydrogens is 406 g/mol. The number of carbonyl (C=O) groups excluding carboxylic acids is 1. The smallest absolute Gasteiger partial charge is 0.311 e. The Labute approximate surface area is 170 Å². The van der Waals surface area contributed by atoms with E-state index >= 15 is 0 Å². The van der Waals surface area contributed by atoms with Crippen LogP contribution in [0.3, 0.4) is 0 Å². The van der Waals surface area contributed by atoms with Crippen molar-refractivity contribution in [3.05, 3.63) is 23.2 Å². The molecule has 1 aromatic carbocycles. The third kappa shape index (κ3) is 5.28. The zero-order valence-corrected chi connectivity index (χ0v) is 17.8. The number of benzene rings is 1. The quantitative estimate of drug-likeness (QED) is 0.545. The number of likely N-dealkylation sites (tertiary alicyclic amines) is 1. The normalized spacial score (nSPS) is 19.9. The van der Waals surface area contributed by atoms with E-state index < -0.39 is 27.5 Å². The molecule has 1 heterocycles. The fourth-order valence-corrected chi connectivity index (χ4v) is 4.49. The first-order valence-corrected chi connectivity index (χ1v) is 10.5. The predicted molar refractivity (Wildman–Crippen MR) is 103 cm³/mol. The molecule has 1 aliphatic heterocycles. The number of nitrogens with one attached hydrogen (secondary N) is 1. The van der Waals surface area contributed by atoms with Crippen molar-refractivity contribution in [3.63, 3.8) is 0 Å². The monoisotopic (exact) mass is 429 g/mol. The summed E-state index contributed by atoms with van der Waals surface area (Å²) < 4.78 is 38.6. The summed E-state index contributed by atoms with van der Waals surface area (Å²) in [6.45, 7) is 5.41. The molecule has 154 valence electrons. The Balaban J connectivity index is 2.10. The van der Waals surface area contributed by atoms with Crippen LogP contribution in [0.25, 0.3) is 0 Å². The molecule has 0 aromatic heterocycles. The third-order valence-corrected chi connectivity index (χ3v) is 6.08. The van der Waals surface area contributed by atoms with Gasteiger partial charge in [0.1, 0.15) is 17.3 Å². The maximum Gasteiger partial charge on any atom is 0.311 e. The summed E-state index contributed by atoms with van der Waals surface area (Å²) in [5.74, 6) is -0.208. The molecule has 1 saturated heterocycles. The minimum Gasteiger partial charge on any atom is -0.495 e. The maximum atomic E-state index is 12.8. The van der Waals surface area contributed by atoms with Gasteiger partial charge in [0.2, 0.25) is 10.0 Å². The van der Waals surface area contributed by atoms with Gasteiger partial charge in [-0.2, -0.15) is 5.26 Å². The standard InChI is InChI=1S/C18H24ClN3O5S/c1-18(2,3)17(23)27-10-14-8-13(9-22(14)11-20)21-28(24,25)16-7-12(19)5-6-15(16)26-4/h5-7,13-14,21H,8-10H2,1-4H3/t13-,14-/m1/s1. The van der Waals surface area contributed by atoms with E-state index in [-0.39, 0.29) is 34.8 Å². The number of nitrogens with zero attached hydrogens (tertiary/aromatic N) is 2. The van der Waals surface area contributed by atoms with Crippen LogP contribution >= 0.6 is 11.6 Å². The molecule has 0 aliphatic carbocycles. The van der Waals surface area contributed by atoms with Gasteiger partial charge in [0.25, 0.3) is 0 Å². The van der Waals surface area contributed by atoms with E-state index in [0.29, 0.717) is 6.42 Å². The first kappa shape index (κ1) is 22.3. The number of halogens is 1. The van der Waals surface area contributed by atoms with Crippen LogP contribution in [-0.4, -0.2) is 51.6 Å². The molecule has 28 heavy (non-hydrogen) atoms. The van der Waals surface area contributed by atoms with Crippen LogP contribution in [0.2, 0.25) is 5.02 Å². The molecular formula is C18H24ClN3O5S. The molecule has 1 fully saturated rings. The van der Waals surface area contributed by atoms with Crippen molar-refractivity contribution in [1.29, 1.82) is 5.26 Å². The number of hydrogen-bond acceptors (Lipinski definition) is 7. The van der Waals surface area contributed by atoms with Gasteiger partial charge in [-0.05, 0) is 45.4 Å². The third-order valence-electron chi connectivity index (χ3n) is 4.30. The van der Waals surface area contributed by atoms with Crippen LogP contribution in [0.1, 0.15) is 27.2 Å². The van der Waals surface area contributed by atoms with Gasteiger partial charge in [-0.15, -0.1) is 0 Å². The van der Waals surface area contributed by atoms with E-state index in [0.717, 1.165) is 0 Å². The highest BCUT2D eigenvalue weighted by Crippen LogP contribution is 2.28. The second kappa shape index (κ2) is 8.55. The lowest BCUT2D eigenvalue weighted by atomic mass is 9.97. The lowest BCUT2D eigenvalue weighted by Gasteiger charge is -2.21. The van der Waals surface area contributed by atoms with E-state index in [4.69, 9.17) is 21.1 Å². The Kier molecular flexibility index (Phi) is 6.80. The number of nitriles is 1. The Bertz CT molecular complexity index is 876. The topological polar surface area (TPSA) is 109 Å². The van der Waals surface area contributed by atoms with Crippen LogP contribution in [0.4, 0.5) is 0 Å². The summed E-state index contributed by atoms with van der Waals surface area (Å²) in [5.41, 5.74) is -0.653. The zero-order chi connectivity index (χ0) is 21.1. The number of ether oxygens (including phenoxy) is 2. The fraction of sp³-hybridized carbons (Fsp3) is 0.556. The number of methoxy groups -OCH3 is 1. The number of hydrogen-bond donors (Lipinski definition) is 1. The average molecular weight is 430 g/mol. The summed E-state index contributed by atoms with van der Waals surface area (Å²) in [6, 6.07) is 3.40. The molecule has 8 nitrogen and oxygen atoms in total. The first-order valence-electron chi connectivity index (χ1n) is 8.67. The van der Waals surface area contributed by atoms with Crippen LogP contribution in [0.15, 0.2) is 23.1 Å². The van der Waals surface area contributed by atoms with Crippen molar-refractivity contribution in [2.75, 3.05) is 20.3 Å². The van der Waals surface area contributed by atoms with Gasteiger partial charge in [-0.3, -0.25) is 4.79 Å². The van der Waals surface area contributed by atoms with Gasteiger partial charge in [-0.1, -0.05) is 11.6 Å². The Morgan fingerprint density at radius 3 is 2.68 bits per heavy atom. The van der Waals surface area contributed by atoms with Crippen LogP contribution < -0.4 is 9.46 Å².